The van der Waals surface area contributed by atoms with Crippen molar-refractivity contribution in [3.05, 3.63) is 54.1 Å². The summed E-state index contributed by atoms with van der Waals surface area (Å²) in [7, 11) is -3.67. The Morgan fingerprint density at radius 1 is 1.13 bits per heavy atom. The Bertz CT molecular complexity index is 1290. The number of benzene rings is 2. The Kier molecular flexibility index (Phi) is 9.70. The fourth-order valence-corrected chi connectivity index (χ4v) is 4.36. The van der Waals surface area contributed by atoms with Crippen LogP contribution in [-0.4, -0.2) is 81.3 Å². The number of rotatable bonds is 8. The van der Waals surface area contributed by atoms with Gasteiger partial charge in [-0.05, 0) is 50.5 Å². The van der Waals surface area contributed by atoms with Gasteiger partial charge in [-0.1, -0.05) is 36.4 Å². The number of carbonyl (C=O) groups excluding carboxylic acids is 3. The van der Waals surface area contributed by atoms with Crippen molar-refractivity contribution in [1.29, 1.82) is 0 Å². The molecule has 0 aromatic heterocycles. The first-order valence-electron chi connectivity index (χ1n) is 12.5. The summed E-state index contributed by atoms with van der Waals surface area (Å²) in [6, 6.07) is 12.2. The Balaban J connectivity index is 1.67. The van der Waals surface area contributed by atoms with Crippen molar-refractivity contribution in [1.82, 2.24) is 10.2 Å². The van der Waals surface area contributed by atoms with E-state index in [9.17, 15) is 22.8 Å². The molecule has 11 nitrogen and oxygen atoms in total. The highest BCUT2D eigenvalue weighted by atomic mass is 32.2. The molecule has 1 aliphatic heterocycles. The number of ether oxygens (including phenoxy) is 2. The zero-order valence-corrected chi connectivity index (χ0v) is 23.3. The smallest absolute Gasteiger partial charge is 0.410 e. The molecule has 0 saturated carbocycles. The highest BCUT2D eigenvalue weighted by Crippen LogP contribution is 2.25. The van der Waals surface area contributed by atoms with E-state index in [1.165, 1.54) is 11.0 Å². The molecule has 2 aromatic rings. The molecule has 12 heteroatoms. The molecular formula is C27H35N3O8S. The average molecular weight is 562 g/mol. The van der Waals surface area contributed by atoms with Crippen LogP contribution in [0.25, 0.3) is 11.1 Å². The maximum Gasteiger partial charge on any atom is 0.410 e. The van der Waals surface area contributed by atoms with Gasteiger partial charge in [0.1, 0.15) is 17.4 Å². The predicted molar refractivity (Wildman–Crippen MR) is 145 cm³/mol. The van der Waals surface area contributed by atoms with E-state index in [4.69, 9.17) is 19.4 Å². The Labute approximate surface area is 228 Å². The topological polar surface area (TPSA) is 154 Å². The van der Waals surface area contributed by atoms with Gasteiger partial charge >= 0.3 is 16.2 Å². The molecule has 1 aliphatic rings. The van der Waals surface area contributed by atoms with Crippen LogP contribution in [0.15, 0.2) is 48.5 Å². The molecule has 3 N–H and O–H groups in total. The van der Waals surface area contributed by atoms with E-state index in [-0.39, 0.29) is 31.2 Å². The van der Waals surface area contributed by atoms with Gasteiger partial charge in [0.2, 0.25) is 0 Å². The molecule has 2 atom stereocenters. The fraction of sp³-hybridized carbons (Fsp3) is 0.444. The first-order chi connectivity index (χ1) is 18.3. The zero-order chi connectivity index (χ0) is 28.8. The Hall–Kier alpha value is -3.48. The van der Waals surface area contributed by atoms with Gasteiger partial charge < -0.3 is 29.6 Å². The van der Waals surface area contributed by atoms with Gasteiger partial charge in [-0.25, -0.2) is 4.79 Å². The van der Waals surface area contributed by atoms with Crippen LogP contribution in [0, 0.1) is 0 Å². The lowest BCUT2D eigenvalue weighted by molar-refractivity contribution is -0.133. The van der Waals surface area contributed by atoms with Crippen molar-refractivity contribution in [3.63, 3.8) is 0 Å². The van der Waals surface area contributed by atoms with Gasteiger partial charge in [0.05, 0.1) is 12.8 Å². The van der Waals surface area contributed by atoms with Crippen LogP contribution in [-0.2, 0) is 24.4 Å². The van der Waals surface area contributed by atoms with E-state index in [0.717, 1.165) is 11.8 Å². The van der Waals surface area contributed by atoms with E-state index in [1.54, 1.807) is 63.2 Å². The largest absolute Gasteiger partial charge is 0.444 e. The third kappa shape index (κ3) is 9.05. The Morgan fingerprint density at radius 3 is 2.44 bits per heavy atom. The molecule has 39 heavy (non-hydrogen) atoms. The lowest BCUT2D eigenvalue weighted by Gasteiger charge is -2.28. The number of Topliss-reactive ketones (excluding diaryl/α,β-unsaturated/α-hetero) is 1. The predicted octanol–water partition coefficient (Wildman–Crippen LogP) is 2.34. The van der Waals surface area contributed by atoms with Gasteiger partial charge in [0.25, 0.3) is 5.91 Å². The summed E-state index contributed by atoms with van der Waals surface area (Å²) in [6.07, 6.45) is -0.0136. The summed E-state index contributed by atoms with van der Waals surface area (Å²) in [6.45, 7) is 5.79. The summed E-state index contributed by atoms with van der Waals surface area (Å²) < 4.78 is 38.8. The second kappa shape index (κ2) is 12.6. The summed E-state index contributed by atoms with van der Waals surface area (Å²) >= 11 is 0. The number of nitrogens with one attached hydrogen (secondary N) is 1. The minimum absolute atomic E-state index is 0.0109. The van der Waals surface area contributed by atoms with Crippen LogP contribution in [0.4, 0.5) is 4.79 Å². The molecule has 1 heterocycles. The zero-order valence-electron chi connectivity index (χ0n) is 22.5. The number of nitrogens with two attached hydrogens (primary N) is 1. The quantitative estimate of drug-likeness (QED) is 0.365. The number of ketones is 1. The van der Waals surface area contributed by atoms with E-state index < -0.39 is 39.9 Å². The second-order valence-electron chi connectivity index (χ2n) is 10.2. The molecule has 0 bridgehead atoms. The van der Waals surface area contributed by atoms with Gasteiger partial charge in [-0.3, -0.25) is 9.59 Å². The van der Waals surface area contributed by atoms with Crippen LogP contribution in [0.5, 0.6) is 5.75 Å². The molecule has 2 amide bonds. The first-order valence-corrected chi connectivity index (χ1v) is 14.3. The average Bonchev–Trinajstić information content (AvgIpc) is 3.12. The normalized spacial score (nSPS) is 17.1. The van der Waals surface area contributed by atoms with Crippen LogP contribution in [0.3, 0.4) is 0 Å². The minimum atomic E-state index is -3.67. The second-order valence-corrected chi connectivity index (χ2v) is 11.8. The minimum Gasteiger partial charge on any atom is -0.444 e. The number of amides is 2. The highest BCUT2D eigenvalue weighted by Gasteiger charge is 2.32. The number of nitrogens with zero attached hydrogens (tertiary/aromatic N) is 1. The van der Waals surface area contributed by atoms with Crippen molar-refractivity contribution in [2.75, 3.05) is 32.5 Å². The standard InChI is InChI=1S/C27H35N3O8S/c1-27(2,3)37-26(33)30-13-6-14-36-23(17-30)25(32)29-22(16-28)24(31)19-11-9-18(10-12-19)20-7-5-8-21(15-20)38-39(4,34)35/h5,7-12,15,22-23H,6,13-14,16-17,28H2,1-4H3,(H,29,32)/t22-,23-/m0/s1. The van der Waals surface area contributed by atoms with E-state index in [0.29, 0.717) is 24.1 Å². The Morgan fingerprint density at radius 2 is 1.82 bits per heavy atom. The van der Waals surface area contributed by atoms with E-state index >= 15 is 0 Å². The van der Waals surface area contributed by atoms with E-state index in [2.05, 4.69) is 5.32 Å². The maximum atomic E-state index is 13.1. The van der Waals surface area contributed by atoms with Crippen LogP contribution in [0.1, 0.15) is 37.6 Å². The molecule has 2 aromatic carbocycles. The highest BCUT2D eigenvalue weighted by molar-refractivity contribution is 7.86. The van der Waals surface area contributed by atoms with Crippen LogP contribution >= 0.6 is 0 Å². The van der Waals surface area contributed by atoms with Crippen LogP contribution in [0.2, 0.25) is 0 Å². The number of hydrogen-bond donors (Lipinski definition) is 2. The van der Waals surface area contributed by atoms with Crippen molar-refractivity contribution in [2.45, 2.75) is 44.9 Å². The molecular weight excluding hydrogens is 526 g/mol. The molecule has 3 rings (SSSR count). The van der Waals surface area contributed by atoms with Crippen LogP contribution < -0.4 is 15.2 Å². The number of hydrogen-bond acceptors (Lipinski definition) is 9. The molecule has 212 valence electrons. The first kappa shape index (κ1) is 30.1. The lowest BCUT2D eigenvalue weighted by Crippen LogP contribution is -2.52. The third-order valence-corrected chi connectivity index (χ3v) is 6.17. The van der Waals surface area contributed by atoms with Gasteiger partial charge in [0, 0.05) is 25.3 Å². The molecule has 1 fully saturated rings. The summed E-state index contributed by atoms with van der Waals surface area (Å²) in [4.78, 5) is 40.1. The molecule has 0 spiro atoms. The van der Waals surface area contributed by atoms with Gasteiger partial charge in [-0.2, -0.15) is 8.42 Å². The number of carbonyl (C=O) groups is 3. The van der Waals surface area contributed by atoms with Gasteiger partial charge in [0.15, 0.2) is 11.9 Å². The molecule has 0 unspecified atom stereocenters. The van der Waals surface area contributed by atoms with Crippen molar-refractivity contribution in [3.8, 4) is 16.9 Å². The SMILES string of the molecule is CC(C)(C)OC(=O)N1CCCO[C@H](C(=O)N[C@@H](CN)C(=O)c2ccc(-c3cccc(OS(C)(=O)=O)c3)cc2)C1. The van der Waals surface area contributed by atoms with Crippen molar-refractivity contribution in [2.24, 2.45) is 5.73 Å². The molecule has 1 saturated heterocycles. The van der Waals surface area contributed by atoms with Gasteiger partial charge in [-0.15, -0.1) is 0 Å². The molecule has 0 radical (unpaired) electrons. The molecule has 0 aliphatic carbocycles. The monoisotopic (exact) mass is 561 g/mol. The van der Waals surface area contributed by atoms with Crippen molar-refractivity contribution < 1.29 is 36.5 Å². The fourth-order valence-electron chi connectivity index (χ4n) is 3.90. The summed E-state index contributed by atoms with van der Waals surface area (Å²) in [5.74, 6) is -0.759. The van der Waals surface area contributed by atoms with E-state index in [1.807, 2.05) is 0 Å². The summed E-state index contributed by atoms with van der Waals surface area (Å²) in [5, 5.41) is 2.65. The lowest BCUT2D eigenvalue weighted by atomic mass is 9.99. The third-order valence-electron chi connectivity index (χ3n) is 5.67. The summed E-state index contributed by atoms with van der Waals surface area (Å²) in [5.41, 5.74) is 6.90. The van der Waals surface area contributed by atoms with Crippen molar-refractivity contribution >= 4 is 27.9 Å². The maximum absolute atomic E-state index is 13.1.